The van der Waals surface area contributed by atoms with Crippen LogP contribution in [-0.4, -0.2) is 27.3 Å². The number of benzene rings is 1. The second-order valence-electron chi connectivity index (χ2n) is 5.23. The first-order chi connectivity index (χ1) is 11.0. The van der Waals surface area contributed by atoms with Gasteiger partial charge in [0.15, 0.2) is 0 Å². The summed E-state index contributed by atoms with van der Waals surface area (Å²) in [5, 5.41) is 15.3. The van der Waals surface area contributed by atoms with Gasteiger partial charge in [-0.15, -0.1) is 0 Å². The molecule has 122 valence electrons. The number of unbranched alkanes of at least 4 members (excludes halogenated alkanes) is 1. The van der Waals surface area contributed by atoms with Gasteiger partial charge in [-0.1, -0.05) is 19.4 Å². The van der Waals surface area contributed by atoms with E-state index < -0.39 is 10.9 Å². The maximum Gasteiger partial charge on any atom is 0.338 e. The molecule has 0 bridgehead atoms. The highest BCUT2D eigenvalue weighted by molar-refractivity contribution is 5.90. The van der Waals surface area contributed by atoms with E-state index in [1.54, 1.807) is 38.1 Å². The molecule has 0 saturated carbocycles. The van der Waals surface area contributed by atoms with Crippen LogP contribution < -0.4 is 0 Å². The van der Waals surface area contributed by atoms with Gasteiger partial charge < -0.3 is 4.74 Å². The van der Waals surface area contributed by atoms with Gasteiger partial charge >= 0.3 is 11.7 Å². The van der Waals surface area contributed by atoms with Gasteiger partial charge in [-0.25, -0.2) is 9.48 Å². The molecule has 0 aliphatic carbocycles. The molecule has 0 aliphatic rings. The lowest BCUT2D eigenvalue weighted by Gasteiger charge is -2.07. The number of rotatable bonds is 6. The zero-order valence-corrected chi connectivity index (χ0v) is 13.4. The van der Waals surface area contributed by atoms with Crippen LogP contribution in [0.2, 0.25) is 0 Å². The maximum absolute atomic E-state index is 12.0. The average molecular weight is 317 g/mol. The number of carbonyl (C=O) groups is 1. The van der Waals surface area contributed by atoms with Crippen molar-refractivity contribution in [2.75, 3.05) is 6.61 Å². The predicted octanol–water partition coefficient (Wildman–Crippen LogP) is 3.35. The number of carbonyl (C=O) groups excluding carboxylic acids is 1. The summed E-state index contributed by atoms with van der Waals surface area (Å²) in [6, 6.07) is 6.72. The van der Waals surface area contributed by atoms with Crippen LogP contribution >= 0.6 is 0 Å². The lowest BCUT2D eigenvalue weighted by atomic mass is 10.2. The second-order valence-corrected chi connectivity index (χ2v) is 5.23. The molecule has 0 aliphatic heterocycles. The van der Waals surface area contributed by atoms with Crippen molar-refractivity contribution >= 4 is 11.7 Å². The largest absolute Gasteiger partial charge is 0.462 e. The second kappa shape index (κ2) is 7.04. The Balaban J connectivity index is 2.32. The fourth-order valence-electron chi connectivity index (χ4n) is 2.31. The third kappa shape index (κ3) is 3.56. The van der Waals surface area contributed by atoms with Gasteiger partial charge in [0.05, 0.1) is 22.8 Å². The highest BCUT2D eigenvalue weighted by Crippen LogP contribution is 2.25. The third-order valence-electron chi connectivity index (χ3n) is 3.49. The predicted molar refractivity (Wildman–Crippen MR) is 84.9 cm³/mol. The van der Waals surface area contributed by atoms with Crippen molar-refractivity contribution in [3.05, 3.63) is 51.3 Å². The van der Waals surface area contributed by atoms with Gasteiger partial charge in [-0.2, -0.15) is 5.10 Å². The zero-order valence-electron chi connectivity index (χ0n) is 13.4. The summed E-state index contributed by atoms with van der Waals surface area (Å²) >= 11 is 0. The average Bonchev–Trinajstić information content (AvgIpc) is 2.82. The van der Waals surface area contributed by atoms with Crippen LogP contribution in [0.15, 0.2) is 24.3 Å². The van der Waals surface area contributed by atoms with Crippen LogP contribution in [0.4, 0.5) is 5.69 Å². The number of hydrogen-bond donors (Lipinski definition) is 0. The lowest BCUT2D eigenvalue weighted by molar-refractivity contribution is -0.386. The monoisotopic (exact) mass is 317 g/mol. The molecular formula is C16H19N3O4. The lowest BCUT2D eigenvalue weighted by Crippen LogP contribution is -2.08. The minimum atomic E-state index is -0.447. The van der Waals surface area contributed by atoms with E-state index in [4.69, 9.17) is 4.74 Å². The Hall–Kier alpha value is -2.70. The Morgan fingerprint density at radius 1 is 1.39 bits per heavy atom. The van der Waals surface area contributed by atoms with E-state index in [1.165, 1.54) is 4.68 Å². The van der Waals surface area contributed by atoms with Crippen molar-refractivity contribution in [1.82, 2.24) is 9.78 Å². The Morgan fingerprint density at radius 3 is 2.74 bits per heavy atom. The Bertz CT molecular complexity index is 737. The molecule has 0 radical (unpaired) electrons. The summed E-state index contributed by atoms with van der Waals surface area (Å²) in [5.41, 5.74) is 1.73. The number of aromatic nitrogens is 2. The van der Waals surface area contributed by atoms with E-state index in [-0.39, 0.29) is 5.69 Å². The topological polar surface area (TPSA) is 87.3 Å². The Morgan fingerprint density at radius 2 is 2.13 bits per heavy atom. The van der Waals surface area contributed by atoms with Crippen molar-refractivity contribution in [3.8, 4) is 5.69 Å². The standard InChI is InChI=1S/C16H19N3O4/c1-4-5-9-23-16(20)13-7-6-8-14(10-13)18-12(3)15(19(21)22)11(2)17-18/h6-8,10H,4-5,9H2,1-3H3. The molecule has 23 heavy (non-hydrogen) atoms. The summed E-state index contributed by atoms with van der Waals surface area (Å²) in [5.74, 6) is -0.406. The van der Waals surface area contributed by atoms with Crippen molar-refractivity contribution in [1.29, 1.82) is 0 Å². The molecule has 1 heterocycles. The highest BCUT2D eigenvalue weighted by atomic mass is 16.6. The van der Waals surface area contributed by atoms with Gasteiger partial charge in [0.2, 0.25) is 0 Å². The van der Waals surface area contributed by atoms with E-state index in [1.807, 2.05) is 6.92 Å². The summed E-state index contributed by atoms with van der Waals surface area (Å²) in [6.07, 6.45) is 1.76. The SMILES string of the molecule is CCCCOC(=O)c1cccc(-n2nc(C)c([N+](=O)[O-])c2C)c1. The van der Waals surface area contributed by atoms with E-state index in [2.05, 4.69) is 5.10 Å². The van der Waals surface area contributed by atoms with Crippen LogP contribution in [0.1, 0.15) is 41.5 Å². The molecule has 0 N–H and O–H groups in total. The van der Waals surface area contributed by atoms with Crippen LogP contribution in [0.25, 0.3) is 5.69 Å². The fourth-order valence-corrected chi connectivity index (χ4v) is 2.31. The first kappa shape index (κ1) is 16.7. The minimum absolute atomic E-state index is 0.0130. The maximum atomic E-state index is 12.0. The molecule has 1 aromatic carbocycles. The molecule has 0 unspecified atom stereocenters. The van der Waals surface area contributed by atoms with Crippen LogP contribution in [0.3, 0.4) is 0 Å². The zero-order chi connectivity index (χ0) is 17.0. The van der Waals surface area contributed by atoms with Crippen molar-refractivity contribution in [2.24, 2.45) is 0 Å². The van der Waals surface area contributed by atoms with Crippen molar-refractivity contribution < 1.29 is 14.5 Å². The Labute approximate surface area is 134 Å². The first-order valence-electron chi connectivity index (χ1n) is 7.43. The van der Waals surface area contributed by atoms with E-state index in [0.29, 0.717) is 29.2 Å². The van der Waals surface area contributed by atoms with Gasteiger partial charge in [0, 0.05) is 0 Å². The molecule has 2 rings (SSSR count). The van der Waals surface area contributed by atoms with Crippen LogP contribution in [0.5, 0.6) is 0 Å². The molecule has 7 nitrogen and oxygen atoms in total. The van der Waals surface area contributed by atoms with Crippen molar-refractivity contribution in [3.63, 3.8) is 0 Å². The van der Waals surface area contributed by atoms with Gasteiger partial charge in [-0.3, -0.25) is 10.1 Å². The van der Waals surface area contributed by atoms with E-state index in [9.17, 15) is 14.9 Å². The van der Waals surface area contributed by atoms with E-state index >= 15 is 0 Å². The van der Waals surface area contributed by atoms with Crippen LogP contribution in [0, 0.1) is 24.0 Å². The van der Waals surface area contributed by atoms with Gasteiger partial charge in [-0.05, 0) is 38.5 Å². The number of ether oxygens (including phenoxy) is 1. The fraction of sp³-hybridized carbons (Fsp3) is 0.375. The van der Waals surface area contributed by atoms with Crippen molar-refractivity contribution in [2.45, 2.75) is 33.6 Å². The van der Waals surface area contributed by atoms with E-state index in [0.717, 1.165) is 12.8 Å². The summed E-state index contributed by atoms with van der Waals surface area (Å²) in [4.78, 5) is 22.6. The molecule has 0 atom stereocenters. The smallest absolute Gasteiger partial charge is 0.338 e. The molecule has 7 heteroatoms. The number of nitro groups is 1. The highest BCUT2D eigenvalue weighted by Gasteiger charge is 2.22. The molecule has 1 aromatic heterocycles. The minimum Gasteiger partial charge on any atom is -0.462 e. The molecular weight excluding hydrogens is 298 g/mol. The van der Waals surface area contributed by atoms with Crippen LogP contribution in [-0.2, 0) is 4.74 Å². The first-order valence-corrected chi connectivity index (χ1v) is 7.43. The van der Waals surface area contributed by atoms with Gasteiger partial charge in [0.1, 0.15) is 11.4 Å². The number of esters is 1. The molecule has 0 fully saturated rings. The quantitative estimate of drug-likeness (QED) is 0.353. The molecule has 0 spiro atoms. The summed E-state index contributed by atoms with van der Waals surface area (Å²) in [6.45, 7) is 5.62. The number of aryl methyl sites for hydroxylation is 1. The number of hydrogen-bond acceptors (Lipinski definition) is 5. The number of nitrogens with zero attached hydrogens (tertiary/aromatic N) is 3. The summed E-state index contributed by atoms with van der Waals surface area (Å²) < 4.78 is 6.65. The summed E-state index contributed by atoms with van der Waals surface area (Å²) in [7, 11) is 0. The Kier molecular flexibility index (Phi) is 5.10. The molecule has 0 saturated heterocycles. The normalized spacial score (nSPS) is 10.6. The van der Waals surface area contributed by atoms with Gasteiger partial charge in [0.25, 0.3) is 0 Å². The third-order valence-corrected chi connectivity index (χ3v) is 3.49. The molecule has 2 aromatic rings. The molecule has 0 amide bonds.